The third kappa shape index (κ3) is 8.25. The first-order chi connectivity index (χ1) is 10.4. The number of sulfone groups is 1. The molecule has 1 rings (SSSR count). The first-order valence-electron chi connectivity index (χ1n) is 7.17. The molecule has 1 aromatic carbocycles. The molecule has 0 heterocycles. The molecule has 0 amide bonds. The maximum atomic E-state index is 11.5. The van der Waals surface area contributed by atoms with Crippen LogP contribution in [0.1, 0.15) is 12.5 Å². The van der Waals surface area contributed by atoms with Gasteiger partial charge in [0.25, 0.3) is 0 Å². The van der Waals surface area contributed by atoms with Crippen molar-refractivity contribution < 1.29 is 8.42 Å². The van der Waals surface area contributed by atoms with E-state index >= 15 is 0 Å². The second-order valence-electron chi connectivity index (χ2n) is 4.91. The third-order valence-electron chi connectivity index (χ3n) is 3.29. The maximum Gasteiger partial charge on any atom is 0.193 e. The summed E-state index contributed by atoms with van der Waals surface area (Å²) < 4.78 is 23.0. The Kier molecular flexibility index (Phi) is 10.9. The van der Waals surface area contributed by atoms with Gasteiger partial charge in [0.2, 0.25) is 0 Å². The molecule has 0 saturated heterocycles. The van der Waals surface area contributed by atoms with Crippen molar-refractivity contribution >= 4 is 51.5 Å². The average Bonchev–Trinajstić information content (AvgIpc) is 2.52. The number of hydrogen-bond donors (Lipinski definition) is 1. The number of nitrogens with one attached hydrogen (secondary N) is 1. The molecule has 23 heavy (non-hydrogen) atoms. The van der Waals surface area contributed by atoms with E-state index in [1.807, 2.05) is 11.9 Å². The SMILES string of the molecule is CCS(=O)(=O)CCNC(=NC)N(C)Cc1ccc(SC)cc1.I. The minimum atomic E-state index is -2.95. The molecule has 0 aliphatic heterocycles. The summed E-state index contributed by atoms with van der Waals surface area (Å²) in [6.45, 7) is 2.75. The topological polar surface area (TPSA) is 61.8 Å². The van der Waals surface area contributed by atoms with Crippen molar-refractivity contribution in [1.82, 2.24) is 10.2 Å². The second kappa shape index (κ2) is 11.1. The van der Waals surface area contributed by atoms with Crippen LogP contribution in [0, 0.1) is 0 Å². The Morgan fingerprint density at radius 3 is 2.39 bits per heavy atom. The molecule has 0 radical (unpaired) electrons. The van der Waals surface area contributed by atoms with Crippen LogP contribution in [0.2, 0.25) is 0 Å². The molecule has 0 aliphatic rings. The van der Waals surface area contributed by atoms with Crippen molar-refractivity contribution in [2.24, 2.45) is 4.99 Å². The predicted molar refractivity (Wildman–Crippen MR) is 111 cm³/mol. The molecule has 0 saturated carbocycles. The monoisotopic (exact) mass is 471 g/mol. The summed E-state index contributed by atoms with van der Waals surface area (Å²) in [5.41, 5.74) is 1.18. The lowest BCUT2D eigenvalue weighted by Crippen LogP contribution is -2.40. The average molecular weight is 471 g/mol. The van der Waals surface area contributed by atoms with Gasteiger partial charge in [-0.3, -0.25) is 4.99 Å². The van der Waals surface area contributed by atoms with Crippen LogP contribution in [0.15, 0.2) is 34.2 Å². The van der Waals surface area contributed by atoms with Gasteiger partial charge in [0.05, 0.1) is 5.75 Å². The van der Waals surface area contributed by atoms with E-state index in [-0.39, 0.29) is 35.5 Å². The van der Waals surface area contributed by atoms with Gasteiger partial charge < -0.3 is 10.2 Å². The van der Waals surface area contributed by atoms with E-state index in [4.69, 9.17) is 0 Å². The van der Waals surface area contributed by atoms with Gasteiger partial charge >= 0.3 is 0 Å². The highest BCUT2D eigenvalue weighted by Gasteiger charge is 2.10. The zero-order valence-corrected chi connectivity index (χ0v) is 18.0. The van der Waals surface area contributed by atoms with Gasteiger partial charge in [-0.25, -0.2) is 8.42 Å². The molecule has 1 aromatic rings. The molecule has 5 nitrogen and oxygen atoms in total. The molecular weight excluding hydrogens is 445 g/mol. The molecule has 8 heteroatoms. The van der Waals surface area contributed by atoms with Gasteiger partial charge in [-0.05, 0) is 24.0 Å². The van der Waals surface area contributed by atoms with Gasteiger partial charge in [0.15, 0.2) is 15.8 Å². The summed E-state index contributed by atoms with van der Waals surface area (Å²) in [7, 11) is 0.681. The van der Waals surface area contributed by atoms with E-state index < -0.39 is 9.84 Å². The van der Waals surface area contributed by atoms with Crippen molar-refractivity contribution in [3.05, 3.63) is 29.8 Å². The molecule has 0 aromatic heterocycles. The largest absolute Gasteiger partial charge is 0.355 e. The molecule has 0 aliphatic carbocycles. The lowest BCUT2D eigenvalue weighted by molar-refractivity contribution is 0.478. The molecule has 0 spiro atoms. The van der Waals surface area contributed by atoms with E-state index in [1.165, 1.54) is 10.5 Å². The predicted octanol–water partition coefficient (Wildman–Crippen LogP) is 2.47. The number of thioether (sulfide) groups is 1. The fraction of sp³-hybridized carbons (Fsp3) is 0.533. The Balaban J connectivity index is 0.00000484. The standard InChI is InChI=1S/C15H25N3O2S2.HI/c1-5-22(19,20)11-10-17-15(16-2)18(3)12-13-6-8-14(21-4)9-7-13;/h6-9H,5,10-12H2,1-4H3,(H,16,17);1H. The molecule has 0 unspecified atom stereocenters. The zero-order valence-electron chi connectivity index (χ0n) is 14.1. The van der Waals surface area contributed by atoms with E-state index in [1.54, 1.807) is 25.7 Å². The lowest BCUT2D eigenvalue weighted by atomic mass is 10.2. The van der Waals surface area contributed by atoms with Gasteiger partial charge in [-0.2, -0.15) is 0 Å². The molecule has 0 bridgehead atoms. The first kappa shape index (κ1) is 22.5. The van der Waals surface area contributed by atoms with Crippen LogP contribution in [0.5, 0.6) is 0 Å². The van der Waals surface area contributed by atoms with Gasteiger partial charge in [-0.1, -0.05) is 19.1 Å². The number of benzene rings is 1. The maximum absolute atomic E-state index is 11.5. The van der Waals surface area contributed by atoms with Crippen LogP contribution in [-0.4, -0.2) is 57.7 Å². The third-order valence-corrected chi connectivity index (χ3v) is 5.74. The lowest BCUT2D eigenvalue weighted by Gasteiger charge is -2.22. The number of nitrogens with zero attached hydrogens (tertiary/aromatic N) is 2. The van der Waals surface area contributed by atoms with Crippen molar-refractivity contribution in [2.45, 2.75) is 18.4 Å². The zero-order chi connectivity index (χ0) is 16.6. The summed E-state index contributed by atoms with van der Waals surface area (Å²) in [5, 5.41) is 3.10. The quantitative estimate of drug-likeness (QED) is 0.287. The second-order valence-corrected chi connectivity index (χ2v) is 8.27. The number of aliphatic imine (C=N–C) groups is 1. The minimum absolute atomic E-state index is 0. The van der Waals surface area contributed by atoms with Crippen LogP contribution >= 0.6 is 35.7 Å². The van der Waals surface area contributed by atoms with Crippen LogP contribution in [0.25, 0.3) is 0 Å². The first-order valence-corrected chi connectivity index (χ1v) is 10.2. The molecule has 132 valence electrons. The molecular formula is C15H26IN3O2S2. The normalized spacial score (nSPS) is 11.7. The summed E-state index contributed by atoms with van der Waals surface area (Å²) in [6.07, 6.45) is 2.05. The Hall–Kier alpha value is -0.480. The van der Waals surface area contributed by atoms with Crippen molar-refractivity contribution in [1.29, 1.82) is 0 Å². The minimum Gasteiger partial charge on any atom is -0.355 e. The van der Waals surface area contributed by atoms with Crippen molar-refractivity contribution in [3.8, 4) is 0 Å². The highest BCUT2D eigenvalue weighted by molar-refractivity contribution is 14.0. The van der Waals surface area contributed by atoms with Crippen LogP contribution in [-0.2, 0) is 16.4 Å². The van der Waals surface area contributed by atoms with E-state index in [2.05, 4.69) is 40.8 Å². The van der Waals surface area contributed by atoms with Crippen LogP contribution < -0.4 is 5.32 Å². The fourth-order valence-electron chi connectivity index (χ4n) is 1.93. The van der Waals surface area contributed by atoms with Gasteiger partial charge in [-0.15, -0.1) is 35.7 Å². The number of rotatable bonds is 7. The van der Waals surface area contributed by atoms with E-state index in [0.717, 1.165) is 6.54 Å². The highest BCUT2D eigenvalue weighted by atomic mass is 127. The molecule has 1 N–H and O–H groups in total. The summed E-state index contributed by atoms with van der Waals surface area (Å²) >= 11 is 1.72. The van der Waals surface area contributed by atoms with E-state index in [9.17, 15) is 8.42 Å². The smallest absolute Gasteiger partial charge is 0.193 e. The van der Waals surface area contributed by atoms with Crippen molar-refractivity contribution in [2.75, 3.05) is 38.4 Å². The Morgan fingerprint density at radius 1 is 1.30 bits per heavy atom. The Labute approximate surface area is 161 Å². The number of guanidine groups is 1. The van der Waals surface area contributed by atoms with Crippen LogP contribution in [0.3, 0.4) is 0 Å². The summed E-state index contributed by atoms with van der Waals surface area (Å²) in [4.78, 5) is 7.41. The van der Waals surface area contributed by atoms with Crippen LogP contribution in [0.4, 0.5) is 0 Å². The van der Waals surface area contributed by atoms with Crippen molar-refractivity contribution in [3.63, 3.8) is 0 Å². The fourth-order valence-corrected chi connectivity index (χ4v) is 3.04. The van der Waals surface area contributed by atoms with Gasteiger partial charge in [0.1, 0.15) is 0 Å². The highest BCUT2D eigenvalue weighted by Crippen LogP contribution is 2.15. The molecule has 0 atom stereocenters. The Bertz CT molecular complexity index is 589. The Morgan fingerprint density at radius 2 is 1.91 bits per heavy atom. The summed E-state index contributed by atoms with van der Waals surface area (Å²) in [6, 6.07) is 8.38. The number of hydrogen-bond acceptors (Lipinski definition) is 4. The number of halogens is 1. The summed E-state index contributed by atoms with van der Waals surface area (Å²) in [5.74, 6) is 0.990. The van der Waals surface area contributed by atoms with E-state index in [0.29, 0.717) is 12.5 Å². The van der Waals surface area contributed by atoms with Gasteiger partial charge in [0, 0.05) is 37.8 Å². The molecule has 0 fully saturated rings.